The molecule has 0 radical (unpaired) electrons. The Hall–Kier alpha value is 0.0695. The van der Waals surface area contributed by atoms with Crippen molar-refractivity contribution >= 4 is 26.0 Å². The Kier molecular flexibility index (Phi) is 3.04. The normalized spacial score (nSPS) is 9.55. The van der Waals surface area contributed by atoms with Gasteiger partial charge in [0.15, 0.2) is 0 Å². The summed E-state index contributed by atoms with van der Waals surface area (Å²) in [5.74, 6) is 0. The summed E-state index contributed by atoms with van der Waals surface area (Å²) >= 11 is 0.295. The van der Waals surface area contributed by atoms with E-state index >= 15 is 0 Å². The summed E-state index contributed by atoms with van der Waals surface area (Å²) < 4.78 is 6.57. The number of nitrogens with zero attached hydrogens (tertiary/aromatic N) is 2. The van der Waals surface area contributed by atoms with E-state index in [4.69, 9.17) is 0 Å². The van der Waals surface area contributed by atoms with Crippen LogP contribution in [0.1, 0.15) is 0 Å². The van der Waals surface area contributed by atoms with E-state index in [1.807, 2.05) is 12.1 Å². The molecule has 0 N–H and O–H groups in total. The SMILES string of the molecule is C[n+]1[se]nc2ccccc21.[I-]. The van der Waals surface area contributed by atoms with Gasteiger partial charge in [-0.3, -0.25) is 0 Å². The maximum Gasteiger partial charge on any atom is -1.00 e. The van der Waals surface area contributed by atoms with Crippen molar-refractivity contribution in [1.29, 1.82) is 0 Å². The zero-order chi connectivity index (χ0) is 6.97. The fraction of sp³-hybridized carbons (Fsp3) is 0.143. The van der Waals surface area contributed by atoms with Crippen molar-refractivity contribution in [3.63, 3.8) is 0 Å². The molecule has 2 rings (SSSR count). The smallest absolute Gasteiger partial charge is 1.00 e. The van der Waals surface area contributed by atoms with E-state index in [1.165, 1.54) is 5.52 Å². The molecule has 0 saturated carbocycles. The first-order valence-electron chi connectivity index (χ1n) is 3.09. The second kappa shape index (κ2) is 3.65. The molecule has 0 fully saturated rings. The number of hydrogen-bond donors (Lipinski definition) is 0. The van der Waals surface area contributed by atoms with Crippen LogP contribution in [0.15, 0.2) is 24.3 Å². The first-order valence-corrected chi connectivity index (χ1v) is 4.62. The third kappa shape index (κ3) is 1.63. The Morgan fingerprint density at radius 2 is 2.09 bits per heavy atom. The largest absolute Gasteiger partial charge is 1.00 e. The molecule has 0 atom stereocenters. The molecule has 2 nitrogen and oxygen atoms in total. The Morgan fingerprint density at radius 3 is 2.82 bits per heavy atom. The standard InChI is InChI=1S/C7H7N2Se.HI/c1-9-7-5-3-2-4-6(7)8-10-9;/h2-5H,1H3;1H/q+1;/p-1. The van der Waals surface area contributed by atoms with Gasteiger partial charge in [-0.25, -0.2) is 0 Å². The summed E-state index contributed by atoms with van der Waals surface area (Å²) in [7, 11) is 2.08. The molecule has 1 aromatic carbocycles. The molecule has 4 heteroatoms. The van der Waals surface area contributed by atoms with Crippen LogP contribution in [0.3, 0.4) is 0 Å². The van der Waals surface area contributed by atoms with Gasteiger partial charge in [-0.15, -0.1) is 0 Å². The van der Waals surface area contributed by atoms with Crippen LogP contribution in [0, 0.1) is 0 Å². The first kappa shape index (κ1) is 9.16. The number of halogens is 1. The first-order chi connectivity index (χ1) is 4.88. The summed E-state index contributed by atoms with van der Waals surface area (Å²) in [6.45, 7) is 0. The van der Waals surface area contributed by atoms with Gasteiger partial charge in [0.1, 0.15) is 0 Å². The van der Waals surface area contributed by atoms with Crippen molar-refractivity contribution in [2.45, 2.75) is 0 Å². The molecular formula is C7H7IN2Se. The van der Waals surface area contributed by atoms with Crippen LogP contribution >= 0.6 is 0 Å². The van der Waals surface area contributed by atoms with E-state index in [0.717, 1.165) is 5.52 Å². The Bertz CT molecular complexity index is 358. The third-order valence-electron chi connectivity index (χ3n) is 1.48. The quantitative estimate of drug-likeness (QED) is 0.376. The van der Waals surface area contributed by atoms with E-state index in [2.05, 4.69) is 26.7 Å². The van der Waals surface area contributed by atoms with Crippen LogP contribution < -0.4 is 27.5 Å². The second-order valence-corrected chi connectivity index (χ2v) is 4.03. The van der Waals surface area contributed by atoms with Crippen LogP contribution in [-0.2, 0) is 7.05 Å². The maximum atomic E-state index is 4.37. The fourth-order valence-corrected chi connectivity index (χ4v) is 2.23. The van der Waals surface area contributed by atoms with Gasteiger partial charge in [0.2, 0.25) is 0 Å². The molecule has 0 aliphatic carbocycles. The zero-order valence-electron chi connectivity index (χ0n) is 5.99. The van der Waals surface area contributed by atoms with Crippen LogP contribution in [-0.4, -0.2) is 18.9 Å². The number of para-hydroxylation sites is 1. The summed E-state index contributed by atoms with van der Waals surface area (Å²) in [4.78, 5) is 0. The molecule has 1 aromatic heterocycles. The molecule has 0 aliphatic heterocycles. The van der Waals surface area contributed by atoms with Gasteiger partial charge < -0.3 is 24.0 Å². The van der Waals surface area contributed by atoms with Crippen molar-refractivity contribution < 1.29 is 27.5 Å². The molecule has 0 saturated heterocycles. The summed E-state index contributed by atoms with van der Waals surface area (Å²) in [6.07, 6.45) is 0. The van der Waals surface area contributed by atoms with Gasteiger partial charge in [-0.2, -0.15) is 0 Å². The molecular weight excluding hydrogens is 318 g/mol. The number of hydrogen-bond acceptors (Lipinski definition) is 1. The summed E-state index contributed by atoms with van der Waals surface area (Å²) in [6, 6.07) is 8.23. The minimum atomic E-state index is 0. The molecule has 0 amide bonds. The molecule has 0 spiro atoms. The minimum Gasteiger partial charge on any atom is -1.00 e. The number of aryl methyl sites for hydroxylation is 1. The van der Waals surface area contributed by atoms with Crippen molar-refractivity contribution in [2.75, 3.05) is 0 Å². The number of benzene rings is 1. The summed E-state index contributed by atoms with van der Waals surface area (Å²) in [5, 5.41) is 0. The second-order valence-electron chi connectivity index (χ2n) is 2.16. The molecule has 58 valence electrons. The average Bonchev–Trinajstić information content (AvgIpc) is 2.34. The van der Waals surface area contributed by atoms with Gasteiger partial charge in [-0.05, 0) is 0 Å². The Morgan fingerprint density at radius 1 is 1.36 bits per heavy atom. The molecule has 2 aromatic rings. The number of rotatable bonds is 0. The number of fused-ring (bicyclic) bond motifs is 1. The maximum absolute atomic E-state index is 4.37. The van der Waals surface area contributed by atoms with E-state index in [1.54, 1.807) is 0 Å². The minimum absolute atomic E-state index is 0. The zero-order valence-corrected chi connectivity index (χ0v) is 9.86. The predicted octanol–water partition coefficient (Wildman–Crippen LogP) is -2.88. The van der Waals surface area contributed by atoms with E-state index in [-0.39, 0.29) is 24.0 Å². The fourth-order valence-electron chi connectivity index (χ4n) is 0.957. The van der Waals surface area contributed by atoms with Crippen LogP contribution in [0.2, 0.25) is 0 Å². The topological polar surface area (TPSA) is 16.8 Å². The molecule has 0 unspecified atom stereocenters. The van der Waals surface area contributed by atoms with Crippen molar-refractivity contribution in [2.24, 2.45) is 7.05 Å². The Labute approximate surface area is 88.5 Å². The van der Waals surface area contributed by atoms with Gasteiger partial charge in [0.05, 0.1) is 0 Å². The summed E-state index contributed by atoms with van der Waals surface area (Å²) in [5.41, 5.74) is 2.41. The van der Waals surface area contributed by atoms with Crippen LogP contribution in [0.4, 0.5) is 0 Å². The van der Waals surface area contributed by atoms with Gasteiger partial charge in [0.25, 0.3) is 0 Å². The van der Waals surface area contributed by atoms with Crippen molar-refractivity contribution in [1.82, 2.24) is 3.98 Å². The third-order valence-corrected chi connectivity index (χ3v) is 2.99. The van der Waals surface area contributed by atoms with E-state index < -0.39 is 0 Å². The monoisotopic (exact) mass is 326 g/mol. The Balaban J connectivity index is 0.000000605. The number of aromatic nitrogens is 2. The van der Waals surface area contributed by atoms with E-state index in [0.29, 0.717) is 15.0 Å². The molecule has 0 bridgehead atoms. The predicted molar refractivity (Wildman–Crippen MR) is 39.9 cm³/mol. The van der Waals surface area contributed by atoms with Gasteiger partial charge in [-0.1, -0.05) is 0 Å². The van der Waals surface area contributed by atoms with Crippen molar-refractivity contribution in [3.05, 3.63) is 24.3 Å². The molecule has 1 heterocycles. The van der Waals surface area contributed by atoms with E-state index in [9.17, 15) is 0 Å². The molecule has 0 aliphatic rings. The average molecular weight is 325 g/mol. The molecule has 11 heavy (non-hydrogen) atoms. The van der Waals surface area contributed by atoms with Gasteiger partial charge >= 0.3 is 64.9 Å². The van der Waals surface area contributed by atoms with Gasteiger partial charge in [0, 0.05) is 0 Å². The van der Waals surface area contributed by atoms with Crippen molar-refractivity contribution in [3.8, 4) is 0 Å². The van der Waals surface area contributed by atoms with Crippen LogP contribution in [0.25, 0.3) is 11.0 Å². The van der Waals surface area contributed by atoms with Crippen LogP contribution in [0.5, 0.6) is 0 Å².